The maximum atomic E-state index is 12.6. The second-order valence-electron chi connectivity index (χ2n) is 13.2. The number of carbonyl (C=O) groups excluding carboxylic acids is 1. The van der Waals surface area contributed by atoms with Crippen LogP contribution >= 0.6 is 12.2 Å². The lowest BCUT2D eigenvalue weighted by Crippen LogP contribution is -2.40. The van der Waals surface area contributed by atoms with Gasteiger partial charge < -0.3 is 34.9 Å². The highest BCUT2D eigenvalue weighted by atomic mass is 32.1. The van der Waals surface area contributed by atoms with E-state index in [1.54, 1.807) is 24.3 Å². The monoisotopic (exact) mass is 739 g/mol. The van der Waals surface area contributed by atoms with E-state index in [2.05, 4.69) is 24.7 Å². The minimum atomic E-state index is -1.26. The number of hydroxylamine groups is 2. The van der Waals surface area contributed by atoms with Gasteiger partial charge in [-0.3, -0.25) is 14.8 Å². The predicted octanol–water partition coefficient (Wildman–Crippen LogP) is 5.67. The van der Waals surface area contributed by atoms with Crippen molar-refractivity contribution in [3.05, 3.63) is 118 Å². The summed E-state index contributed by atoms with van der Waals surface area (Å²) in [6.07, 6.45) is 2.80. The Morgan fingerprint density at radius 3 is 2.32 bits per heavy atom. The molecule has 1 aliphatic heterocycles. The van der Waals surface area contributed by atoms with Gasteiger partial charge in [-0.15, -0.1) is 0 Å². The van der Waals surface area contributed by atoms with Crippen LogP contribution in [0.5, 0.6) is 5.75 Å². The summed E-state index contributed by atoms with van der Waals surface area (Å²) in [5.41, 5.74) is 4.08. The van der Waals surface area contributed by atoms with Gasteiger partial charge in [-0.05, 0) is 72.6 Å². The third kappa shape index (κ3) is 10.0. The zero-order valence-corrected chi connectivity index (χ0v) is 29.9. The number of quaternary nitrogens is 1. The van der Waals surface area contributed by atoms with E-state index in [-0.39, 0.29) is 29.0 Å². The highest BCUT2D eigenvalue weighted by Crippen LogP contribution is 2.42. The molecule has 5 rings (SSSR count). The number of fused-ring (bicyclic) bond motifs is 2. The smallest absolute Gasteiger partial charge is 0.336 e. The van der Waals surface area contributed by atoms with Crippen molar-refractivity contribution in [2.24, 2.45) is 0 Å². The van der Waals surface area contributed by atoms with Crippen molar-refractivity contribution in [1.82, 2.24) is 10.4 Å². The quantitative estimate of drug-likeness (QED) is 0.0156. The lowest BCUT2D eigenvalue weighted by Gasteiger charge is -2.30. The van der Waals surface area contributed by atoms with Crippen molar-refractivity contribution in [3.8, 4) is 28.2 Å². The second-order valence-corrected chi connectivity index (χ2v) is 13.6. The molecule has 53 heavy (non-hydrogen) atoms. The number of rotatable bonds is 14. The van der Waals surface area contributed by atoms with Gasteiger partial charge in [0.15, 0.2) is 10.5 Å². The molecule has 0 atom stereocenters. The van der Waals surface area contributed by atoms with Crippen LogP contribution in [0.4, 0.5) is 5.69 Å². The van der Waals surface area contributed by atoms with Gasteiger partial charge in [0.05, 0.1) is 26.2 Å². The first kappa shape index (κ1) is 38.1. The van der Waals surface area contributed by atoms with Crippen LogP contribution in [-0.2, 0) is 22.7 Å². The fraction of sp³-hybridized carbons (Fsp3) is 0.205. The first-order valence-electron chi connectivity index (χ1n) is 16.6. The van der Waals surface area contributed by atoms with E-state index in [1.807, 2.05) is 24.3 Å². The maximum absolute atomic E-state index is 12.6. The lowest BCUT2D eigenvalue weighted by atomic mass is 9.90. The van der Waals surface area contributed by atoms with Crippen molar-refractivity contribution in [1.29, 1.82) is 0 Å². The van der Waals surface area contributed by atoms with Crippen LogP contribution in [0.3, 0.4) is 0 Å². The molecule has 0 spiro atoms. The Kier molecular flexibility index (Phi) is 11.9. The third-order valence-corrected chi connectivity index (χ3v) is 8.79. The molecule has 0 saturated carbocycles. The molecular formula is C39H39N4O9S+. The summed E-state index contributed by atoms with van der Waals surface area (Å²) < 4.78 is 6.58. The fourth-order valence-corrected chi connectivity index (χ4v) is 6.19. The number of phenols is 1. The Hall–Kier alpha value is -6.09. The molecular weight excluding hydrogens is 701 g/mol. The van der Waals surface area contributed by atoms with Gasteiger partial charge in [-0.25, -0.2) is 14.7 Å². The molecule has 13 nitrogen and oxygen atoms in total. The first-order chi connectivity index (χ1) is 25.2. The Morgan fingerprint density at radius 1 is 0.887 bits per heavy atom. The van der Waals surface area contributed by atoms with Crippen molar-refractivity contribution in [2.45, 2.75) is 25.9 Å². The van der Waals surface area contributed by atoms with E-state index in [9.17, 15) is 34.6 Å². The number of phenolic OH excluding ortho intramolecular Hbond substituents is 1. The van der Waals surface area contributed by atoms with Crippen molar-refractivity contribution >= 4 is 51.8 Å². The first-order valence-corrected chi connectivity index (χ1v) is 17.0. The van der Waals surface area contributed by atoms with Gasteiger partial charge in [0.1, 0.15) is 23.6 Å². The number of hydrogen-bond donors (Lipinski definition) is 6. The van der Waals surface area contributed by atoms with Crippen LogP contribution in [0.1, 0.15) is 34.3 Å². The molecule has 2 aliphatic rings. The molecule has 0 unspecified atom stereocenters. The van der Waals surface area contributed by atoms with Crippen LogP contribution in [-0.4, -0.2) is 80.2 Å². The zero-order valence-electron chi connectivity index (χ0n) is 29.0. The molecule has 3 aromatic rings. The van der Waals surface area contributed by atoms with Crippen LogP contribution in [0.25, 0.3) is 33.4 Å². The number of benzene rings is 4. The van der Waals surface area contributed by atoms with Gasteiger partial charge in [0.25, 0.3) is 5.91 Å². The Bertz CT molecular complexity index is 2230. The van der Waals surface area contributed by atoms with E-state index in [0.29, 0.717) is 67.0 Å². The number of carbonyl (C=O) groups is 3. The Balaban J connectivity index is 1.18. The van der Waals surface area contributed by atoms with Gasteiger partial charge in [0, 0.05) is 65.1 Å². The molecule has 0 bridgehead atoms. The number of nitrogens with zero attached hydrogens (tertiary/aromatic N) is 2. The number of carboxylic acids is 2. The summed E-state index contributed by atoms with van der Waals surface area (Å²) in [5, 5.41) is 46.3. The minimum absolute atomic E-state index is 0.00123. The molecule has 1 amide bonds. The van der Waals surface area contributed by atoms with E-state index in [4.69, 9.17) is 21.7 Å². The highest BCUT2D eigenvalue weighted by Gasteiger charge is 2.23. The van der Waals surface area contributed by atoms with Gasteiger partial charge >= 0.3 is 11.9 Å². The second kappa shape index (κ2) is 16.5. The summed E-state index contributed by atoms with van der Waals surface area (Å²) in [6.45, 7) is 2.07. The number of aromatic hydroxyl groups is 1. The number of unbranched alkanes of at least 4 members (excludes halogenated alkanes) is 1. The molecule has 0 saturated heterocycles. The molecule has 0 aromatic heterocycles. The SMILES string of the molecule is C[N+](C)(CCCCN(O)C(=O)/C=C/C(=O)O)Cc1ccc(CNC(=S)Nc2ccc(-c3c4ccc(=O)cc-4oc4cc(O)ccc34)c(C(=O)O)c2)cc1. The Labute approximate surface area is 309 Å². The van der Waals surface area contributed by atoms with Gasteiger partial charge in [-0.2, -0.15) is 0 Å². The summed E-state index contributed by atoms with van der Waals surface area (Å²) in [4.78, 5) is 46.9. The van der Waals surface area contributed by atoms with E-state index >= 15 is 0 Å². The van der Waals surface area contributed by atoms with E-state index in [0.717, 1.165) is 36.7 Å². The number of aliphatic carboxylic acids is 1. The maximum Gasteiger partial charge on any atom is 0.336 e. The van der Waals surface area contributed by atoms with Crippen molar-refractivity contribution in [2.75, 3.05) is 32.5 Å². The van der Waals surface area contributed by atoms with E-state index < -0.39 is 17.8 Å². The minimum Gasteiger partial charge on any atom is -0.508 e. The lowest BCUT2D eigenvalue weighted by molar-refractivity contribution is -0.903. The van der Waals surface area contributed by atoms with Crippen molar-refractivity contribution < 1.29 is 43.8 Å². The van der Waals surface area contributed by atoms with Crippen molar-refractivity contribution in [3.63, 3.8) is 0 Å². The highest BCUT2D eigenvalue weighted by molar-refractivity contribution is 7.80. The van der Waals surface area contributed by atoms with E-state index in [1.165, 1.54) is 30.3 Å². The zero-order chi connectivity index (χ0) is 38.3. The largest absolute Gasteiger partial charge is 0.508 e. The van der Waals surface area contributed by atoms with Gasteiger partial charge in [-0.1, -0.05) is 30.3 Å². The number of nitrogens with one attached hydrogen (secondary N) is 2. The molecule has 1 heterocycles. The fourth-order valence-electron chi connectivity index (χ4n) is 6.00. The number of hydrogen-bond acceptors (Lipinski definition) is 8. The normalized spacial score (nSPS) is 11.5. The molecule has 6 N–H and O–H groups in total. The molecule has 0 fully saturated rings. The number of thiocarbonyl (C=S) groups is 1. The number of anilines is 1. The number of amides is 1. The molecule has 274 valence electrons. The number of carboxylic acid groups (broad SMARTS) is 2. The summed E-state index contributed by atoms with van der Waals surface area (Å²) in [6, 6.07) is 21.8. The van der Waals surface area contributed by atoms with Crippen LogP contribution in [0.15, 0.2) is 100 Å². The molecule has 1 aliphatic carbocycles. The average molecular weight is 740 g/mol. The Morgan fingerprint density at radius 2 is 1.60 bits per heavy atom. The number of aromatic carboxylic acids is 1. The van der Waals surface area contributed by atoms with Gasteiger partial charge in [0.2, 0.25) is 0 Å². The molecule has 3 aromatic carbocycles. The summed E-state index contributed by atoms with van der Waals surface area (Å²) in [5.74, 6) is -2.97. The third-order valence-electron chi connectivity index (χ3n) is 8.55. The average Bonchev–Trinajstić information content (AvgIpc) is 3.10. The standard InChI is InChI=1S/C39H38N4O9S/c1-43(2,18-4-3-17-42(51)35(46)15-16-36(47)48)23-25-7-5-24(6-8-25)22-40-39(53)41-26-9-12-29(32(19-26)38(49)50)37-30-13-10-27(44)20-33(30)52-34-21-28(45)11-14-31(34)37/h5-16,19-21,51H,3-4,17-18,22-23H2,1-2H3,(H4-,40,41,44,45,47,48,49,50,53)/p+1/b16-15+. The van der Waals surface area contributed by atoms with Crippen LogP contribution in [0.2, 0.25) is 0 Å². The summed E-state index contributed by atoms with van der Waals surface area (Å²) >= 11 is 5.52. The topological polar surface area (TPSA) is 190 Å². The summed E-state index contributed by atoms with van der Waals surface area (Å²) in [7, 11) is 4.18. The van der Waals surface area contributed by atoms with Crippen LogP contribution in [0, 0.1) is 0 Å². The van der Waals surface area contributed by atoms with Crippen LogP contribution < -0.4 is 16.1 Å². The predicted molar refractivity (Wildman–Crippen MR) is 203 cm³/mol. The molecule has 14 heteroatoms. The molecule has 0 radical (unpaired) electrons.